The maximum atomic E-state index is 12.1. The number of hydrogen-bond acceptors (Lipinski definition) is 5. The molecule has 7 nitrogen and oxygen atoms in total. The number of carboxylic acid groups (broad SMARTS) is 1. The number of pyridine rings is 1. The van der Waals surface area contributed by atoms with Crippen LogP contribution in [0.25, 0.3) is 11.1 Å². The summed E-state index contributed by atoms with van der Waals surface area (Å²) in [5.41, 5.74) is 8.24. The molecule has 0 spiro atoms. The number of nitrogens with zero attached hydrogens (tertiary/aromatic N) is 1. The van der Waals surface area contributed by atoms with Crippen LogP contribution in [0.15, 0.2) is 42.7 Å². The van der Waals surface area contributed by atoms with Crippen molar-refractivity contribution in [3.8, 4) is 16.9 Å². The van der Waals surface area contributed by atoms with Gasteiger partial charge < -0.3 is 20.9 Å². The fraction of sp³-hybridized carbons (Fsp3) is 0.316. The predicted octanol–water partition coefficient (Wildman–Crippen LogP) is 3.31. The number of anilines is 1. The van der Waals surface area contributed by atoms with Gasteiger partial charge in [0.25, 0.3) is 0 Å². The number of aliphatic carboxylic acids is 1. The minimum Gasteiger partial charge on any atom is -0.495 e. The summed E-state index contributed by atoms with van der Waals surface area (Å²) in [4.78, 5) is 25.0. The van der Waals surface area contributed by atoms with Crippen molar-refractivity contribution < 1.29 is 32.6 Å². The lowest BCUT2D eigenvalue weighted by atomic mass is 10.1. The SMILES string of the molecule is COc1ccc(-c2ccncc2)cc1NC(=O)CC(C)CN.O=C(O)C(F)(F)F. The predicted molar refractivity (Wildman–Crippen MR) is 101 cm³/mol. The first-order valence-electron chi connectivity index (χ1n) is 8.47. The molecule has 2 aromatic rings. The second-order valence-corrected chi connectivity index (χ2v) is 6.05. The summed E-state index contributed by atoms with van der Waals surface area (Å²) < 4.78 is 37.1. The molecule has 0 aliphatic carbocycles. The van der Waals surface area contributed by atoms with E-state index < -0.39 is 12.1 Å². The molecule has 0 aliphatic rings. The Morgan fingerprint density at radius 3 is 2.28 bits per heavy atom. The molecule has 4 N–H and O–H groups in total. The average molecular weight is 413 g/mol. The third kappa shape index (κ3) is 8.18. The highest BCUT2D eigenvalue weighted by atomic mass is 19.4. The fourth-order valence-electron chi connectivity index (χ4n) is 2.13. The van der Waals surface area contributed by atoms with Crippen molar-refractivity contribution in [1.29, 1.82) is 0 Å². The number of halogens is 3. The molecular formula is C19H22F3N3O4. The molecule has 29 heavy (non-hydrogen) atoms. The highest BCUT2D eigenvalue weighted by Gasteiger charge is 2.38. The van der Waals surface area contributed by atoms with E-state index in [0.717, 1.165) is 11.1 Å². The van der Waals surface area contributed by atoms with E-state index in [9.17, 15) is 18.0 Å². The van der Waals surface area contributed by atoms with Crippen molar-refractivity contribution >= 4 is 17.6 Å². The number of aromatic nitrogens is 1. The minimum absolute atomic E-state index is 0.0665. The Hall–Kier alpha value is -3.14. The number of nitrogens with one attached hydrogen (secondary N) is 1. The molecule has 158 valence electrons. The van der Waals surface area contributed by atoms with Crippen LogP contribution in [0.5, 0.6) is 5.75 Å². The molecule has 0 aliphatic heterocycles. The zero-order valence-electron chi connectivity index (χ0n) is 15.9. The van der Waals surface area contributed by atoms with Gasteiger partial charge in [-0.15, -0.1) is 0 Å². The van der Waals surface area contributed by atoms with Crippen LogP contribution in [-0.2, 0) is 9.59 Å². The third-order valence-corrected chi connectivity index (χ3v) is 3.67. The van der Waals surface area contributed by atoms with E-state index in [4.69, 9.17) is 20.4 Å². The summed E-state index contributed by atoms with van der Waals surface area (Å²) in [6, 6.07) is 9.54. The first kappa shape index (κ1) is 23.9. The Morgan fingerprint density at radius 2 is 1.79 bits per heavy atom. The highest BCUT2D eigenvalue weighted by Crippen LogP contribution is 2.30. The number of hydrogen-bond donors (Lipinski definition) is 3. The van der Waals surface area contributed by atoms with Gasteiger partial charge in [-0.1, -0.05) is 13.0 Å². The van der Waals surface area contributed by atoms with Gasteiger partial charge in [0, 0.05) is 18.8 Å². The number of amides is 1. The lowest BCUT2D eigenvalue weighted by Crippen LogP contribution is -2.21. The molecule has 0 bridgehead atoms. The van der Waals surface area contributed by atoms with Gasteiger partial charge in [-0.3, -0.25) is 9.78 Å². The van der Waals surface area contributed by atoms with Crippen LogP contribution in [0.2, 0.25) is 0 Å². The molecule has 1 heterocycles. The van der Waals surface area contributed by atoms with Gasteiger partial charge in [-0.05, 0) is 47.9 Å². The zero-order chi connectivity index (χ0) is 22.0. The number of ether oxygens (including phenoxy) is 1. The largest absolute Gasteiger partial charge is 0.495 e. The Labute approximate surface area is 165 Å². The standard InChI is InChI=1S/C17H21N3O2.C2HF3O2/c1-12(11-18)9-17(21)20-15-10-14(3-4-16(15)22-2)13-5-7-19-8-6-13;3-2(4,5)1(6)7/h3-8,10,12H,9,11,18H2,1-2H3,(H,20,21);(H,6,7). The summed E-state index contributed by atoms with van der Waals surface area (Å²) in [6.07, 6.45) is -1.22. The number of alkyl halides is 3. The maximum absolute atomic E-state index is 12.1. The van der Waals surface area contributed by atoms with Gasteiger partial charge in [0.1, 0.15) is 5.75 Å². The Balaban J connectivity index is 0.000000516. The van der Waals surface area contributed by atoms with Crippen molar-refractivity contribution in [2.45, 2.75) is 19.5 Å². The number of benzene rings is 1. The molecule has 0 saturated carbocycles. The molecular weight excluding hydrogens is 391 g/mol. The van der Waals surface area contributed by atoms with Crippen LogP contribution in [0.3, 0.4) is 0 Å². The molecule has 0 fully saturated rings. The van der Waals surface area contributed by atoms with Crippen LogP contribution < -0.4 is 15.8 Å². The Morgan fingerprint density at radius 1 is 1.21 bits per heavy atom. The van der Waals surface area contributed by atoms with Crippen LogP contribution in [-0.4, -0.2) is 41.8 Å². The second-order valence-electron chi connectivity index (χ2n) is 6.05. The lowest BCUT2D eigenvalue weighted by molar-refractivity contribution is -0.192. The van der Waals surface area contributed by atoms with Gasteiger partial charge in [0.2, 0.25) is 5.91 Å². The molecule has 1 unspecified atom stereocenters. The molecule has 1 aromatic carbocycles. The summed E-state index contributed by atoms with van der Waals surface area (Å²) in [5, 5.41) is 10.0. The molecule has 2 rings (SSSR count). The lowest BCUT2D eigenvalue weighted by Gasteiger charge is -2.14. The molecule has 1 amide bonds. The molecule has 1 aromatic heterocycles. The molecule has 0 saturated heterocycles. The van der Waals surface area contributed by atoms with Gasteiger partial charge in [0.05, 0.1) is 12.8 Å². The van der Waals surface area contributed by atoms with Crippen LogP contribution in [0.4, 0.5) is 18.9 Å². The van der Waals surface area contributed by atoms with E-state index in [-0.39, 0.29) is 11.8 Å². The first-order valence-corrected chi connectivity index (χ1v) is 8.47. The van der Waals surface area contributed by atoms with Crippen molar-refractivity contribution in [3.63, 3.8) is 0 Å². The van der Waals surface area contributed by atoms with E-state index >= 15 is 0 Å². The molecule has 1 atom stereocenters. The monoisotopic (exact) mass is 413 g/mol. The summed E-state index contributed by atoms with van der Waals surface area (Å²) in [7, 11) is 1.58. The van der Waals surface area contributed by atoms with Crippen LogP contribution in [0.1, 0.15) is 13.3 Å². The van der Waals surface area contributed by atoms with E-state index in [1.807, 2.05) is 37.3 Å². The van der Waals surface area contributed by atoms with Gasteiger partial charge in [-0.2, -0.15) is 13.2 Å². The van der Waals surface area contributed by atoms with E-state index in [1.165, 1.54) is 0 Å². The summed E-state index contributed by atoms with van der Waals surface area (Å²) in [5.74, 6) is -2.04. The third-order valence-electron chi connectivity index (χ3n) is 3.67. The average Bonchev–Trinajstić information content (AvgIpc) is 2.68. The number of methoxy groups -OCH3 is 1. The van der Waals surface area contributed by atoms with E-state index in [2.05, 4.69) is 10.3 Å². The summed E-state index contributed by atoms with van der Waals surface area (Å²) >= 11 is 0. The normalized spacial score (nSPS) is 11.7. The number of carbonyl (C=O) groups is 2. The maximum Gasteiger partial charge on any atom is 0.490 e. The number of carbonyl (C=O) groups excluding carboxylic acids is 1. The van der Waals surface area contributed by atoms with Crippen molar-refractivity contribution in [2.24, 2.45) is 11.7 Å². The van der Waals surface area contributed by atoms with Gasteiger partial charge >= 0.3 is 12.1 Å². The van der Waals surface area contributed by atoms with E-state index in [0.29, 0.717) is 24.4 Å². The topological polar surface area (TPSA) is 115 Å². The van der Waals surface area contributed by atoms with Crippen LogP contribution >= 0.6 is 0 Å². The first-order chi connectivity index (χ1) is 13.6. The zero-order valence-corrected chi connectivity index (χ0v) is 15.9. The van der Waals surface area contributed by atoms with Gasteiger partial charge in [0.15, 0.2) is 0 Å². The van der Waals surface area contributed by atoms with Crippen molar-refractivity contribution in [3.05, 3.63) is 42.7 Å². The molecule has 0 radical (unpaired) electrons. The highest BCUT2D eigenvalue weighted by molar-refractivity contribution is 5.93. The summed E-state index contributed by atoms with van der Waals surface area (Å²) in [6.45, 7) is 2.44. The Kier molecular flexibility index (Phi) is 9.07. The number of nitrogens with two attached hydrogens (primary N) is 1. The smallest absolute Gasteiger partial charge is 0.490 e. The van der Waals surface area contributed by atoms with Crippen molar-refractivity contribution in [1.82, 2.24) is 4.98 Å². The van der Waals surface area contributed by atoms with E-state index in [1.54, 1.807) is 19.5 Å². The Bertz CT molecular complexity index is 814. The quantitative estimate of drug-likeness (QED) is 0.669. The van der Waals surface area contributed by atoms with Crippen LogP contribution in [0, 0.1) is 5.92 Å². The number of carboxylic acids is 1. The molecule has 10 heteroatoms. The minimum atomic E-state index is -5.08. The van der Waals surface area contributed by atoms with Gasteiger partial charge in [-0.25, -0.2) is 4.79 Å². The fourth-order valence-corrected chi connectivity index (χ4v) is 2.13. The second kappa shape index (κ2) is 11.0. The van der Waals surface area contributed by atoms with Crippen molar-refractivity contribution in [2.75, 3.05) is 19.0 Å². The number of rotatable bonds is 6.